The van der Waals surface area contributed by atoms with Gasteiger partial charge in [0.1, 0.15) is 11.2 Å². The molecule has 1 N–H and O–H groups in total. The van der Waals surface area contributed by atoms with Crippen LogP contribution in [0, 0.1) is 11.6 Å². The number of hydrogen-bond donors (Lipinski definition) is 1. The number of fused-ring (bicyclic) bond motifs is 1. The molecule has 6 nitrogen and oxygen atoms in total. The molecule has 30 heavy (non-hydrogen) atoms. The normalized spacial score (nSPS) is 19.5. The third-order valence-electron chi connectivity index (χ3n) is 5.89. The molecule has 2 amide bonds. The van der Waals surface area contributed by atoms with E-state index in [1.165, 1.54) is 11.0 Å². The van der Waals surface area contributed by atoms with Crippen LogP contribution in [-0.2, 0) is 10.2 Å². The van der Waals surface area contributed by atoms with Gasteiger partial charge in [-0.3, -0.25) is 9.59 Å². The third kappa shape index (κ3) is 3.11. The SMILES string of the molecule is CC1(C)CN(c2ccc(F)c(F)c2)c2ccc(C(=O)N3CCNC(=O)C3(C)C)nc21. The summed E-state index contributed by atoms with van der Waals surface area (Å²) in [7, 11) is 0. The van der Waals surface area contributed by atoms with Crippen LogP contribution in [0.2, 0.25) is 0 Å². The molecule has 158 valence electrons. The minimum atomic E-state index is -0.969. The Morgan fingerprint density at radius 2 is 1.83 bits per heavy atom. The van der Waals surface area contributed by atoms with Crippen molar-refractivity contribution in [2.75, 3.05) is 24.5 Å². The standard InChI is InChI=1S/C22H24F2N4O2/c1-21(2)12-27(13-5-6-14(23)15(24)11-13)17-8-7-16(26-18(17)21)19(29)28-10-9-25-20(30)22(28,3)4/h5-8,11H,9-10,12H2,1-4H3,(H,25,30). The van der Waals surface area contributed by atoms with Crippen molar-refractivity contribution >= 4 is 23.2 Å². The molecule has 0 spiro atoms. The molecule has 0 aliphatic carbocycles. The van der Waals surface area contributed by atoms with Gasteiger partial charge in [-0.05, 0) is 38.1 Å². The van der Waals surface area contributed by atoms with Crippen LogP contribution >= 0.6 is 0 Å². The van der Waals surface area contributed by atoms with E-state index < -0.39 is 22.6 Å². The summed E-state index contributed by atoms with van der Waals surface area (Å²) >= 11 is 0. The summed E-state index contributed by atoms with van der Waals surface area (Å²) in [5.41, 5.74) is 0.858. The number of hydrogen-bond acceptors (Lipinski definition) is 4. The molecule has 2 aliphatic rings. The Balaban J connectivity index is 1.71. The molecule has 0 bridgehead atoms. The number of rotatable bonds is 2. The number of aromatic nitrogens is 1. The van der Waals surface area contributed by atoms with Crippen LogP contribution in [0.1, 0.15) is 43.9 Å². The number of halogens is 2. The number of carbonyl (C=O) groups is 2. The number of nitrogens with zero attached hydrogens (tertiary/aromatic N) is 3. The van der Waals surface area contributed by atoms with Gasteiger partial charge in [0.2, 0.25) is 5.91 Å². The Hall–Kier alpha value is -3.03. The molecule has 1 fully saturated rings. The molecule has 0 unspecified atom stereocenters. The van der Waals surface area contributed by atoms with Crippen molar-refractivity contribution in [1.82, 2.24) is 15.2 Å². The van der Waals surface area contributed by atoms with E-state index in [2.05, 4.69) is 10.3 Å². The Kier molecular flexibility index (Phi) is 4.56. The molecule has 3 heterocycles. The highest BCUT2D eigenvalue weighted by molar-refractivity contribution is 5.99. The van der Waals surface area contributed by atoms with Gasteiger partial charge in [-0.15, -0.1) is 0 Å². The second-order valence-corrected chi connectivity index (χ2v) is 8.90. The fourth-order valence-corrected chi connectivity index (χ4v) is 4.12. The van der Waals surface area contributed by atoms with Gasteiger partial charge in [-0.2, -0.15) is 0 Å². The first-order chi connectivity index (χ1) is 14.0. The molecule has 1 aromatic heterocycles. The van der Waals surface area contributed by atoms with Crippen LogP contribution in [-0.4, -0.2) is 46.9 Å². The van der Waals surface area contributed by atoms with Gasteiger partial charge >= 0.3 is 0 Å². The minimum absolute atomic E-state index is 0.201. The number of anilines is 2. The number of pyridine rings is 1. The van der Waals surface area contributed by atoms with Crippen LogP contribution in [0.3, 0.4) is 0 Å². The highest BCUT2D eigenvalue weighted by atomic mass is 19.2. The molecule has 1 aromatic carbocycles. The number of nitrogens with one attached hydrogen (secondary N) is 1. The first-order valence-corrected chi connectivity index (χ1v) is 9.87. The van der Waals surface area contributed by atoms with E-state index in [4.69, 9.17) is 0 Å². The molecule has 4 rings (SSSR count). The van der Waals surface area contributed by atoms with Gasteiger partial charge in [0.15, 0.2) is 11.6 Å². The van der Waals surface area contributed by atoms with Crippen LogP contribution in [0.5, 0.6) is 0 Å². The molecule has 2 aliphatic heterocycles. The molecule has 2 aromatic rings. The van der Waals surface area contributed by atoms with Crippen molar-refractivity contribution in [3.8, 4) is 0 Å². The van der Waals surface area contributed by atoms with Gasteiger partial charge in [-0.1, -0.05) is 13.8 Å². The molecule has 1 saturated heterocycles. The van der Waals surface area contributed by atoms with Crippen molar-refractivity contribution in [2.45, 2.75) is 38.6 Å². The maximum atomic E-state index is 13.8. The number of carbonyl (C=O) groups excluding carboxylic acids is 2. The van der Waals surface area contributed by atoms with E-state index >= 15 is 0 Å². The highest BCUT2D eigenvalue weighted by Crippen LogP contribution is 2.43. The maximum Gasteiger partial charge on any atom is 0.273 e. The summed E-state index contributed by atoms with van der Waals surface area (Å²) in [5.74, 6) is -2.32. The second kappa shape index (κ2) is 6.75. The Morgan fingerprint density at radius 1 is 1.10 bits per heavy atom. The Morgan fingerprint density at radius 3 is 2.53 bits per heavy atom. The average Bonchev–Trinajstić information content (AvgIpc) is 2.96. The lowest BCUT2D eigenvalue weighted by Gasteiger charge is -2.41. The quantitative estimate of drug-likeness (QED) is 0.820. The van der Waals surface area contributed by atoms with E-state index in [0.717, 1.165) is 17.8 Å². The zero-order valence-corrected chi connectivity index (χ0v) is 17.4. The third-order valence-corrected chi connectivity index (χ3v) is 5.89. The summed E-state index contributed by atoms with van der Waals surface area (Å²) in [6.45, 7) is 8.71. The summed E-state index contributed by atoms with van der Waals surface area (Å²) in [4.78, 5) is 33.5. The van der Waals surface area contributed by atoms with E-state index in [1.807, 2.05) is 18.7 Å². The number of piperazine rings is 1. The average molecular weight is 414 g/mol. The Labute approximate surface area is 173 Å². The van der Waals surface area contributed by atoms with Crippen LogP contribution in [0.15, 0.2) is 30.3 Å². The van der Waals surface area contributed by atoms with Crippen molar-refractivity contribution in [2.24, 2.45) is 0 Å². The monoisotopic (exact) mass is 414 g/mol. The van der Waals surface area contributed by atoms with Gasteiger partial charge in [0.25, 0.3) is 5.91 Å². The summed E-state index contributed by atoms with van der Waals surface area (Å²) < 4.78 is 27.1. The van der Waals surface area contributed by atoms with Crippen molar-refractivity contribution in [3.63, 3.8) is 0 Å². The molecule has 0 saturated carbocycles. The lowest BCUT2D eigenvalue weighted by atomic mass is 9.91. The first-order valence-electron chi connectivity index (χ1n) is 9.87. The van der Waals surface area contributed by atoms with Crippen molar-refractivity contribution < 1.29 is 18.4 Å². The maximum absolute atomic E-state index is 13.8. The van der Waals surface area contributed by atoms with E-state index in [9.17, 15) is 18.4 Å². The fourth-order valence-electron chi connectivity index (χ4n) is 4.12. The largest absolute Gasteiger partial charge is 0.352 e. The van der Waals surface area contributed by atoms with E-state index in [-0.39, 0.29) is 17.5 Å². The summed E-state index contributed by atoms with van der Waals surface area (Å²) in [6.07, 6.45) is 0. The van der Waals surface area contributed by atoms with Crippen molar-refractivity contribution in [1.29, 1.82) is 0 Å². The second-order valence-electron chi connectivity index (χ2n) is 8.90. The fraction of sp³-hybridized carbons (Fsp3) is 0.409. The summed E-state index contributed by atoms with van der Waals surface area (Å²) in [5, 5.41) is 2.78. The Bertz CT molecular complexity index is 1050. The van der Waals surface area contributed by atoms with E-state index in [0.29, 0.717) is 31.0 Å². The minimum Gasteiger partial charge on any atom is -0.352 e. The number of amides is 2. The molecule has 8 heteroatoms. The van der Waals surface area contributed by atoms with Gasteiger partial charge in [0, 0.05) is 36.8 Å². The molecule has 0 radical (unpaired) electrons. The lowest BCUT2D eigenvalue weighted by molar-refractivity contribution is -0.133. The van der Waals surface area contributed by atoms with E-state index in [1.54, 1.807) is 26.0 Å². The van der Waals surface area contributed by atoms with Crippen LogP contribution in [0.4, 0.5) is 20.2 Å². The van der Waals surface area contributed by atoms with Gasteiger partial charge < -0.3 is 15.1 Å². The van der Waals surface area contributed by atoms with Gasteiger partial charge in [0.05, 0.1) is 11.4 Å². The zero-order chi connectivity index (χ0) is 21.8. The van der Waals surface area contributed by atoms with Crippen LogP contribution in [0.25, 0.3) is 0 Å². The predicted octanol–water partition coefficient (Wildman–Crippen LogP) is 3.14. The van der Waals surface area contributed by atoms with Gasteiger partial charge in [-0.25, -0.2) is 13.8 Å². The smallest absolute Gasteiger partial charge is 0.273 e. The summed E-state index contributed by atoms with van der Waals surface area (Å²) in [6, 6.07) is 7.19. The highest BCUT2D eigenvalue weighted by Gasteiger charge is 2.42. The molecule has 0 atom stereocenters. The lowest BCUT2D eigenvalue weighted by Crippen LogP contribution is -2.63. The zero-order valence-electron chi connectivity index (χ0n) is 17.4. The molecular formula is C22H24F2N4O2. The first kappa shape index (κ1) is 20.3. The topological polar surface area (TPSA) is 65.5 Å². The number of benzene rings is 1. The molecular weight excluding hydrogens is 390 g/mol. The van der Waals surface area contributed by atoms with Crippen molar-refractivity contribution in [3.05, 3.63) is 53.4 Å². The predicted molar refractivity (Wildman–Crippen MR) is 109 cm³/mol. The van der Waals surface area contributed by atoms with Crippen LogP contribution < -0.4 is 10.2 Å².